The van der Waals surface area contributed by atoms with Crippen molar-refractivity contribution in [3.05, 3.63) is 30.1 Å². The summed E-state index contributed by atoms with van der Waals surface area (Å²) in [4.78, 5) is 23.0. The van der Waals surface area contributed by atoms with E-state index in [0.29, 0.717) is 5.69 Å². The zero-order valence-electron chi connectivity index (χ0n) is 9.91. The number of rotatable bonds is 4. The SMILES string of the molecule is O=C(CNC(=O)C1CCC1)Nc1cccc(F)c1. The van der Waals surface area contributed by atoms with Gasteiger partial charge in [0.25, 0.3) is 0 Å². The molecule has 2 amide bonds. The molecule has 2 N–H and O–H groups in total. The first-order chi connectivity index (χ1) is 8.65. The van der Waals surface area contributed by atoms with Gasteiger partial charge in [-0.1, -0.05) is 12.5 Å². The number of anilines is 1. The predicted molar refractivity (Wildman–Crippen MR) is 65.4 cm³/mol. The number of halogens is 1. The van der Waals surface area contributed by atoms with Crippen molar-refractivity contribution in [2.45, 2.75) is 19.3 Å². The quantitative estimate of drug-likeness (QED) is 0.854. The average Bonchev–Trinajstić information content (AvgIpc) is 2.24. The first-order valence-electron chi connectivity index (χ1n) is 5.98. The molecule has 1 saturated carbocycles. The van der Waals surface area contributed by atoms with Gasteiger partial charge >= 0.3 is 0 Å². The van der Waals surface area contributed by atoms with Gasteiger partial charge in [-0.05, 0) is 31.0 Å². The maximum Gasteiger partial charge on any atom is 0.243 e. The van der Waals surface area contributed by atoms with E-state index in [1.54, 1.807) is 6.07 Å². The second-order valence-corrected chi connectivity index (χ2v) is 4.40. The molecule has 0 bridgehead atoms. The van der Waals surface area contributed by atoms with E-state index in [4.69, 9.17) is 0 Å². The maximum atomic E-state index is 12.9. The van der Waals surface area contributed by atoms with Crippen LogP contribution in [0.1, 0.15) is 19.3 Å². The van der Waals surface area contributed by atoms with E-state index in [1.807, 2.05) is 0 Å². The van der Waals surface area contributed by atoms with Crippen LogP contribution in [-0.2, 0) is 9.59 Å². The molecule has 5 heteroatoms. The molecule has 1 aromatic rings. The van der Waals surface area contributed by atoms with Crippen LogP contribution < -0.4 is 10.6 Å². The molecule has 0 saturated heterocycles. The number of nitrogens with one attached hydrogen (secondary N) is 2. The van der Waals surface area contributed by atoms with Crippen LogP contribution in [0.2, 0.25) is 0 Å². The van der Waals surface area contributed by atoms with Gasteiger partial charge < -0.3 is 10.6 Å². The number of carbonyl (C=O) groups is 2. The predicted octanol–water partition coefficient (Wildman–Crippen LogP) is 1.68. The van der Waals surface area contributed by atoms with Gasteiger partial charge in [-0.3, -0.25) is 9.59 Å². The summed E-state index contributed by atoms with van der Waals surface area (Å²) < 4.78 is 12.9. The third-order valence-corrected chi connectivity index (χ3v) is 3.01. The molecule has 4 nitrogen and oxygen atoms in total. The van der Waals surface area contributed by atoms with E-state index in [2.05, 4.69) is 10.6 Å². The first kappa shape index (κ1) is 12.5. The van der Waals surface area contributed by atoms with Crippen LogP contribution in [0.5, 0.6) is 0 Å². The van der Waals surface area contributed by atoms with Gasteiger partial charge in [0.1, 0.15) is 5.82 Å². The van der Waals surface area contributed by atoms with Crippen molar-refractivity contribution in [3.8, 4) is 0 Å². The van der Waals surface area contributed by atoms with Crippen LogP contribution in [-0.4, -0.2) is 18.4 Å². The highest BCUT2D eigenvalue weighted by Gasteiger charge is 2.25. The second-order valence-electron chi connectivity index (χ2n) is 4.40. The average molecular weight is 250 g/mol. The smallest absolute Gasteiger partial charge is 0.243 e. The fourth-order valence-electron chi connectivity index (χ4n) is 1.75. The summed E-state index contributed by atoms with van der Waals surface area (Å²) in [6, 6.07) is 5.63. The number of hydrogen-bond acceptors (Lipinski definition) is 2. The largest absolute Gasteiger partial charge is 0.347 e. The molecule has 1 aliphatic rings. The monoisotopic (exact) mass is 250 g/mol. The second kappa shape index (κ2) is 5.62. The summed E-state index contributed by atoms with van der Waals surface area (Å²) in [7, 11) is 0. The summed E-state index contributed by atoms with van der Waals surface area (Å²) in [5.41, 5.74) is 0.387. The molecule has 18 heavy (non-hydrogen) atoms. The minimum atomic E-state index is -0.411. The fraction of sp³-hybridized carbons (Fsp3) is 0.385. The number of carbonyl (C=O) groups excluding carboxylic acids is 2. The van der Waals surface area contributed by atoms with E-state index >= 15 is 0 Å². The highest BCUT2D eigenvalue weighted by atomic mass is 19.1. The van der Waals surface area contributed by atoms with Gasteiger partial charge in [0.2, 0.25) is 11.8 Å². The van der Waals surface area contributed by atoms with Gasteiger partial charge in [-0.15, -0.1) is 0 Å². The lowest BCUT2D eigenvalue weighted by atomic mass is 9.85. The minimum Gasteiger partial charge on any atom is -0.347 e. The Morgan fingerprint density at radius 1 is 1.33 bits per heavy atom. The highest BCUT2D eigenvalue weighted by Crippen LogP contribution is 2.25. The van der Waals surface area contributed by atoms with Gasteiger partial charge in [0, 0.05) is 11.6 Å². The van der Waals surface area contributed by atoms with Crippen LogP contribution in [0.4, 0.5) is 10.1 Å². The van der Waals surface area contributed by atoms with Gasteiger partial charge in [-0.25, -0.2) is 4.39 Å². The van der Waals surface area contributed by atoms with Crippen LogP contribution >= 0.6 is 0 Å². The molecule has 1 fully saturated rings. The van der Waals surface area contributed by atoms with Crippen molar-refractivity contribution in [3.63, 3.8) is 0 Å². The summed E-state index contributed by atoms with van der Waals surface area (Å²) >= 11 is 0. The van der Waals surface area contributed by atoms with E-state index in [-0.39, 0.29) is 24.3 Å². The van der Waals surface area contributed by atoms with Gasteiger partial charge in [0.15, 0.2) is 0 Å². The minimum absolute atomic E-state index is 0.0620. The van der Waals surface area contributed by atoms with E-state index in [0.717, 1.165) is 19.3 Å². The Bertz CT molecular complexity index is 458. The summed E-state index contributed by atoms with van der Waals surface area (Å²) in [5.74, 6) is -0.776. The standard InChI is InChI=1S/C13H15FN2O2/c14-10-5-2-6-11(7-10)16-12(17)8-15-13(18)9-3-1-4-9/h2,5-7,9H,1,3-4,8H2,(H,15,18)(H,16,17). The zero-order chi connectivity index (χ0) is 13.0. The fourth-order valence-corrected chi connectivity index (χ4v) is 1.75. The lowest BCUT2D eigenvalue weighted by Crippen LogP contribution is -2.39. The first-order valence-corrected chi connectivity index (χ1v) is 5.98. The molecule has 1 aliphatic carbocycles. The Hall–Kier alpha value is -1.91. The zero-order valence-corrected chi connectivity index (χ0v) is 9.91. The lowest BCUT2D eigenvalue weighted by Gasteiger charge is -2.23. The van der Waals surface area contributed by atoms with Crippen LogP contribution in [0, 0.1) is 11.7 Å². The third-order valence-electron chi connectivity index (χ3n) is 3.01. The summed E-state index contributed by atoms with van der Waals surface area (Å²) in [6.07, 6.45) is 2.88. The normalized spacial score (nSPS) is 14.7. The van der Waals surface area contributed by atoms with Gasteiger partial charge in [0.05, 0.1) is 6.54 Å². The maximum absolute atomic E-state index is 12.9. The van der Waals surface area contributed by atoms with Crippen molar-refractivity contribution in [1.82, 2.24) is 5.32 Å². The molecule has 0 aromatic heterocycles. The Balaban J connectivity index is 1.76. The van der Waals surface area contributed by atoms with Gasteiger partial charge in [-0.2, -0.15) is 0 Å². The molecule has 96 valence electrons. The molecule has 0 unspecified atom stereocenters. The Morgan fingerprint density at radius 3 is 2.72 bits per heavy atom. The van der Waals surface area contributed by atoms with Crippen LogP contribution in [0.25, 0.3) is 0 Å². The van der Waals surface area contributed by atoms with Crippen LogP contribution in [0.15, 0.2) is 24.3 Å². The van der Waals surface area contributed by atoms with E-state index in [1.165, 1.54) is 18.2 Å². The molecule has 2 rings (SSSR count). The van der Waals surface area contributed by atoms with E-state index < -0.39 is 5.82 Å². The molecule has 0 heterocycles. The topological polar surface area (TPSA) is 58.2 Å². The van der Waals surface area contributed by atoms with E-state index in [9.17, 15) is 14.0 Å². The Labute approximate surface area is 105 Å². The Kier molecular flexibility index (Phi) is 3.92. The van der Waals surface area contributed by atoms with Crippen molar-refractivity contribution in [2.24, 2.45) is 5.92 Å². The summed E-state index contributed by atoms with van der Waals surface area (Å²) in [5, 5.41) is 5.09. The Morgan fingerprint density at radius 2 is 2.11 bits per heavy atom. The molecule has 0 atom stereocenters. The number of hydrogen-bond donors (Lipinski definition) is 2. The van der Waals surface area contributed by atoms with Crippen molar-refractivity contribution in [2.75, 3.05) is 11.9 Å². The molecular formula is C13H15FN2O2. The van der Waals surface area contributed by atoms with Crippen LogP contribution in [0.3, 0.4) is 0 Å². The molecule has 0 spiro atoms. The highest BCUT2D eigenvalue weighted by molar-refractivity contribution is 5.94. The number of benzene rings is 1. The summed E-state index contributed by atoms with van der Waals surface area (Å²) in [6.45, 7) is -0.0775. The molecular weight excluding hydrogens is 235 g/mol. The lowest BCUT2D eigenvalue weighted by molar-refractivity contribution is -0.129. The molecule has 1 aromatic carbocycles. The molecule has 0 aliphatic heterocycles. The molecule has 0 radical (unpaired) electrons. The number of amides is 2. The third kappa shape index (κ3) is 3.29. The van der Waals surface area contributed by atoms with Crippen molar-refractivity contribution in [1.29, 1.82) is 0 Å². The van der Waals surface area contributed by atoms with Crippen molar-refractivity contribution >= 4 is 17.5 Å². The van der Waals surface area contributed by atoms with Crippen molar-refractivity contribution < 1.29 is 14.0 Å².